The molecule has 0 atom stereocenters. The summed E-state index contributed by atoms with van der Waals surface area (Å²) in [5, 5.41) is 17.5. The highest BCUT2D eigenvalue weighted by molar-refractivity contribution is 7.08. The zero-order valence-electron chi connectivity index (χ0n) is 12.4. The zero-order chi connectivity index (χ0) is 16.1. The van der Waals surface area contributed by atoms with Gasteiger partial charge in [0, 0.05) is 17.1 Å². The number of amides is 2. The van der Waals surface area contributed by atoms with Crippen LogP contribution in [0.1, 0.15) is 5.69 Å². The Morgan fingerprint density at radius 1 is 1.39 bits per heavy atom. The molecule has 3 rings (SSSR count). The van der Waals surface area contributed by atoms with E-state index < -0.39 is 0 Å². The molecule has 8 heteroatoms. The molecule has 3 aromatic rings. The Hall–Kier alpha value is -2.87. The van der Waals surface area contributed by atoms with Gasteiger partial charge in [-0.1, -0.05) is 11.3 Å². The fraction of sp³-hybridized carbons (Fsp3) is 0.133. The fourth-order valence-electron chi connectivity index (χ4n) is 1.94. The van der Waals surface area contributed by atoms with Crippen LogP contribution < -0.4 is 15.4 Å². The number of urea groups is 1. The molecule has 0 aliphatic carbocycles. The molecule has 0 unspecified atom stereocenters. The summed E-state index contributed by atoms with van der Waals surface area (Å²) >= 11 is 1.59. The number of rotatable bonds is 5. The summed E-state index contributed by atoms with van der Waals surface area (Å²) in [6.07, 6.45) is 1.79. The Labute approximate surface area is 136 Å². The molecule has 0 saturated heterocycles. The van der Waals surface area contributed by atoms with Gasteiger partial charge >= 0.3 is 6.03 Å². The van der Waals surface area contributed by atoms with Gasteiger partial charge < -0.3 is 15.4 Å². The summed E-state index contributed by atoms with van der Waals surface area (Å²) in [7, 11) is 1.58. The van der Waals surface area contributed by atoms with Gasteiger partial charge in [0.1, 0.15) is 11.4 Å². The van der Waals surface area contributed by atoms with Gasteiger partial charge in [0.2, 0.25) is 0 Å². The molecular formula is C15H15N5O2S. The van der Waals surface area contributed by atoms with E-state index in [-0.39, 0.29) is 6.03 Å². The van der Waals surface area contributed by atoms with Crippen molar-refractivity contribution in [1.29, 1.82) is 0 Å². The molecule has 2 aromatic heterocycles. The second-order valence-corrected chi connectivity index (χ2v) is 5.46. The normalized spacial score (nSPS) is 10.3. The first-order chi connectivity index (χ1) is 11.2. The van der Waals surface area contributed by atoms with E-state index in [1.807, 2.05) is 22.9 Å². The largest absolute Gasteiger partial charge is 0.497 e. The predicted octanol–water partition coefficient (Wildman–Crippen LogP) is 2.66. The van der Waals surface area contributed by atoms with E-state index in [2.05, 4.69) is 20.9 Å². The van der Waals surface area contributed by atoms with Crippen molar-refractivity contribution in [3.05, 3.63) is 53.0 Å². The number of hydrogen-bond donors (Lipinski definition) is 2. The highest BCUT2D eigenvalue weighted by Crippen LogP contribution is 2.16. The molecule has 118 valence electrons. The number of thiophene rings is 1. The third-order valence-electron chi connectivity index (χ3n) is 3.07. The highest BCUT2D eigenvalue weighted by atomic mass is 32.1. The van der Waals surface area contributed by atoms with Crippen LogP contribution in [0.25, 0.3) is 5.69 Å². The zero-order valence-corrected chi connectivity index (χ0v) is 13.2. The van der Waals surface area contributed by atoms with Gasteiger partial charge in [0.25, 0.3) is 0 Å². The van der Waals surface area contributed by atoms with Crippen LogP contribution in [0.2, 0.25) is 0 Å². The minimum atomic E-state index is -0.316. The predicted molar refractivity (Wildman–Crippen MR) is 88.1 cm³/mol. The van der Waals surface area contributed by atoms with E-state index in [1.165, 1.54) is 0 Å². The Kier molecular flexibility index (Phi) is 4.53. The summed E-state index contributed by atoms with van der Waals surface area (Å²) in [6, 6.07) is 8.78. The van der Waals surface area contributed by atoms with E-state index in [0.717, 1.165) is 5.69 Å². The van der Waals surface area contributed by atoms with Crippen LogP contribution in [0.4, 0.5) is 10.5 Å². The quantitative estimate of drug-likeness (QED) is 0.754. The van der Waals surface area contributed by atoms with Crippen LogP contribution >= 0.6 is 11.3 Å². The molecule has 2 amide bonds. The lowest BCUT2D eigenvalue weighted by atomic mass is 10.3. The van der Waals surface area contributed by atoms with Gasteiger partial charge in [-0.05, 0) is 23.6 Å². The molecule has 0 aliphatic heterocycles. The average molecular weight is 329 g/mol. The second-order valence-electron chi connectivity index (χ2n) is 4.68. The molecule has 1 aromatic carbocycles. The second kappa shape index (κ2) is 6.93. The molecular weight excluding hydrogens is 314 g/mol. The number of benzene rings is 1. The smallest absolute Gasteiger partial charge is 0.319 e. The van der Waals surface area contributed by atoms with Crippen LogP contribution in [0, 0.1) is 0 Å². The van der Waals surface area contributed by atoms with Crippen molar-refractivity contribution >= 4 is 23.1 Å². The Morgan fingerprint density at radius 3 is 3.09 bits per heavy atom. The molecule has 23 heavy (non-hydrogen) atoms. The number of hydrogen-bond acceptors (Lipinski definition) is 5. The van der Waals surface area contributed by atoms with Crippen molar-refractivity contribution in [2.45, 2.75) is 6.54 Å². The van der Waals surface area contributed by atoms with Gasteiger partial charge in [-0.25, -0.2) is 9.48 Å². The lowest BCUT2D eigenvalue weighted by Gasteiger charge is -2.07. The Bertz CT molecular complexity index is 785. The molecule has 7 nitrogen and oxygen atoms in total. The maximum atomic E-state index is 11.9. The minimum Gasteiger partial charge on any atom is -0.497 e. The maximum Gasteiger partial charge on any atom is 0.319 e. The maximum absolute atomic E-state index is 11.9. The number of aromatic nitrogens is 3. The third kappa shape index (κ3) is 3.86. The van der Waals surface area contributed by atoms with Gasteiger partial charge in [-0.15, -0.1) is 5.10 Å². The summed E-state index contributed by atoms with van der Waals surface area (Å²) in [5.74, 6) is 0.682. The van der Waals surface area contributed by atoms with Crippen LogP contribution in [-0.4, -0.2) is 28.1 Å². The van der Waals surface area contributed by atoms with Gasteiger partial charge in [0.05, 0.1) is 25.5 Å². The van der Waals surface area contributed by atoms with Crippen molar-refractivity contribution < 1.29 is 9.53 Å². The number of nitrogens with one attached hydrogen (secondary N) is 2. The molecule has 0 radical (unpaired) electrons. The highest BCUT2D eigenvalue weighted by Gasteiger charge is 2.06. The fourth-order valence-corrected chi connectivity index (χ4v) is 2.56. The molecule has 0 aliphatic rings. The van der Waals surface area contributed by atoms with E-state index in [9.17, 15) is 4.79 Å². The molecule has 0 spiro atoms. The van der Waals surface area contributed by atoms with Crippen molar-refractivity contribution in [2.75, 3.05) is 12.4 Å². The first-order valence-electron chi connectivity index (χ1n) is 6.87. The SMILES string of the molecule is COc1cccc(NC(=O)NCc2cn(-c3ccsc3)nn2)c1. The lowest BCUT2D eigenvalue weighted by Crippen LogP contribution is -2.28. The molecule has 2 heterocycles. The van der Waals surface area contributed by atoms with Crippen LogP contribution in [0.15, 0.2) is 47.3 Å². The lowest BCUT2D eigenvalue weighted by molar-refractivity contribution is 0.251. The van der Waals surface area contributed by atoms with Crippen molar-refractivity contribution in [3.63, 3.8) is 0 Å². The average Bonchev–Trinajstić information content (AvgIpc) is 3.24. The van der Waals surface area contributed by atoms with Gasteiger partial charge in [-0.2, -0.15) is 11.3 Å². The number of methoxy groups -OCH3 is 1. The first-order valence-corrected chi connectivity index (χ1v) is 7.81. The summed E-state index contributed by atoms with van der Waals surface area (Å²) in [5.41, 5.74) is 2.29. The topological polar surface area (TPSA) is 81.1 Å². The number of ether oxygens (including phenoxy) is 1. The summed E-state index contributed by atoms with van der Waals surface area (Å²) in [4.78, 5) is 11.9. The van der Waals surface area contributed by atoms with Crippen LogP contribution in [0.3, 0.4) is 0 Å². The summed E-state index contributed by atoms with van der Waals surface area (Å²) < 4.78 is 6.79. The molecule has 0 fully saturated rings. The molecule has 0 bridgehead atoms. The monoisotopic (exact) mass is 329 g/mol. The Morgan fingerprint density at radius 2 is 2.30 bits per heavy atom. The van der Waals surface area contributed by atoms with Crippen molar-refractivity contribution in [2.24, 2.45) is 0 Å². The molecule has 0 saturated carbocycles. The number of carbonyl (C=O) groups excluding carboxylic acids is 1. The van der Waals surface area contributed by atoms with Crippen molar-refractivity contribution in [1.82, 2.24) is 20.3 Å². The van der Waals surface area contributed by atoms with E-state index in [4.69, 9.17) is 4.74 Å². The van der Waals surface area contributed by atoms with E-state index >= 15 is 0 Å². The van der Waals surface area contributed by atoms with Crippen molar-refractivity contribution in [3.8, 4) is 11.4 Å². The summed E-state index contributed by atoms with van der Waals surface area (Å²) in [6.45, 7) is 0.292. The van der Waals surface area contributed by atoms with Gasteiger partial charge in [0.15, 0.2) is 0 Å². The molecule has 2 N–H and O–H groups in total. The van der Waals surface area contributed by atoms with E-state index in [0.29, 0.717) is 23.7 Å². The number of carbonyl (C=O) groups is 1. The third-order valence-corrected chi connectivity index (χ3v) is 3.74. The minimum absolute atomic E-state index is 0.292. The standard InChI is InChI=1S/C15H15N5O2S/c1-22-14-4-2-3-11(7-14)17-15(21)16-8-12-9-20(19-18-12)13-5-6-23-10-13/h2-7,9-10H,8H2,1H3,(H2,16,17,21). The van der Waals surface area contributed by atoms with E-state index in [1.54, 1.807) is 47.5 Å². The first kappa shape index (κ1) is 15.0. The number of nitrogens with zero attached hydrogens (tertiary/aromatic N) is 3. The van der Waals surface area contributed by atoms with Gasteiger partial charge in [-0.3, -0.25) is 0 Å². The van der Waals surface area contributed by atoms with Crippen LogP contribution in [-0.2, 0) is 6.54 Å². The Balaban J connectivity index is 1.54. The van der Waals surface area contributed by atoms with Crippen LogP contribution in [0.5, 0.6) is 5.75 Å². The number of anilines is 1.